The third kappa shape index (κ3) is 4.14. The highest BCUT2D eigenvalue weighted by molar-refractivity contribution is 7.17. The Morgan fingerprint density at radius 1 is 1.24 bits per heavy atom. The van der Waals surface area contributed by atoms with Crippen LogP contribution in [0, 0.1) is 11.7 Å². The Morgan fingerprint density at radius 3 is 2.71 bits per heavy atom. The zero-order valence-corrected chi connectivity index (χ0v) is 20.0. The smallest absolute Gasteiger partial charge is 0.259 e. The minimum absolute atomic E-state index is 0.00214. The summed E-state index contributed by atoms with van der Waals surface area (Å²) in [5, 5.41) is -0.473. The Balaban J connectivity index is 1.58. The number of ether oxygens (including phenoxy) is 1. The summed E-state index contributed by atoms with van der Waals surface area (Å²) in [6.45, 7) is 0.152. The lowest BCUT2D eigenvalue weighted by Crippen LogP contribution is -2.46. The molecule has 0 spiro atoms. The van der Waals surface area contributed by atoms with Crippen LogP contribution in [0.15, 0.2) is 24.5 Å². The number of amides is 2. The summed E-state index contributed by atoms with van der Waals surface area (Å²) < 4.78 is 19.4. The lowest BCUT2D eigenvalue weighted by molar-refractivity contribution is -0.139. The summed E-state index contributed by atoms with van der Waals surface area (Å²) in [7, 11) is 0. The fraction of sp³-hybridized carbons (Fsp3) is 0.500. The van der Waals surface area contributed by atoms with E-state index in [1.165, 1.54) is 12.3 Å². The first-order valence-electron chi connectivity index (χ1n) is 11.5. The van der Waals surface area contributed by atoms with Crippen LogP contribution < -0.4 is 5.73 Å². The number of rotatable bonds is 5. The van der Waals surface area contributed by atoms with Crippen molar-refractivity contribution in [2.45, 2.75) is 55.5 Å². The number of nitrogens with zero attached hydrogens (tertiary/aromatic N) is 2. The van der Waals surface area contributed by atoms with Gasteiger partial charge in [0.15, 0.2) is 5.78 Å². The van der Waals surface area contributed by atoms with Gasteiger partial charge in [0, 0.05) is 23.2 Å². The Kier molecular flexibility index (Phi) is 6.43. The number of alkyl halides is 1. The highest BCUT2D eigenvalue weighted by atomic mass is 35.5. The number of fused-ring (bicyclic) bond motifs is 1. The molecule has 7 nitrogen and oxygen atoms in total. The maximum absolute atomic E-state index is 14.1. The van der Waals surface area contributed by atoms with Crippen molar-refractivity contribution < 1.29 is 23.5 Å². The highest BCUT2D eigenvalue weighted by Crippen LogP contribution is 2.44. The second kappa shape index (κ2) is 9.36. The predicted octanol–water partition coefficient (Wildman–Crippen LogP) is 3.50. The van der Waals surface area contributed by atoms with Crippen molar-refractivity contribution >= 4 is 40.5 Å². The molecule has 0 unspecified atom stereocenters. The summed E-state index contributed by atoms with van der Waals surface area (Å²) in [4.78, 5) is 45.5. The van der Waals surface area contributed by atoms with Gasteiger partial charge in [-0.05, 0) is 36.5 Å². The number of carbonyl (C=O) groups is 3. The minimum atomic E-state index is -0.705. The van der Waals surface area contributed by atoms with E-state index in [0.29, 0.717) is 16.0 Å². The quantitative estimate of drug-likeness (QED) is 0.626. The molecule has 0 bridgehead atoms. The molecule has 5 rings (SSSR count). The van der Waals surface area contributed by atoms with E-state index in [4.69, 9.17) is 22.1 Å². The molecule has 1 saturated carbocycles. The van der Waals surface area contributed by atoms with Crippen LogP contribution in [-0.2, 0) is 14.3 Å². The van der Waals surface area contributed by atoms with Crippen molar-refractivity contribution in [1.82, 2.24) is 9.88 Å². The van der Waals surface area contributed by atoms with Crippen molar-refractivity contribution in [3.63, 3.8) is 0 Å². The molecule has 10 heteroatoms. The Hall–Kier alpha value is -2.36. The number of aromatic nitrogens is 1. The second-order valence-corrected chi connectivity index (χ2v) is 10.8. The van der Waals surface area contributed by atoms with Gasteiger partial charge in [-0.25, -0.2) is 4.39 Å². The van der Waals surface area contributed by atoms with Crippen molar-refractivity contribution in [1.29, 1.82) is 0 Å². The van der Waals surface area contributed by atoms with E-state index in [1.807, 2.05) is 0 Å². The first-order chi connectivity index (χ1) is 16.3. The Morgan fingerprint density at radius 2 is 2.00 bits per heavy atom. The van der Waals surface area contributed by atoms with Gasteiger partial charge < -0.3 is 15.4 Å². The van der Waals surface area contributed by atoms with Crippen LogP contribution in [0.25, 0.3) is 10.4 Å². The number of thiophene rings is 1. The SMILES string of the molecule is NC(=O)c1sc(-c2cncc(F)c2)cc1[C@@H](C(=O)N1C[C@H](Cl)[C@H]2OCC(=O)[C@H]21)C1CCCCC1. The Bertz CT molecular complexity index is 1140. The summed E-state index contributed by atoms with van der Waals surface area (Å²) in [5.41, 5.74) is 6.79. The summed E-state index contributed by atoms with van der Waals surface area (Å²) in [6, 6.07) is 2.39. The number of halogens is 2. The molecule has 180 valence electrons. The van der Waals surface area contributed by atoms with Gasteiger partial charge in [0.05, 0.1) is 22.4 Å². The average molecular weight is 506 g/mol. The molecule has 0 aromatic carbocycles. The molecule has 2 saturated heterocycles. The monoisotopic (exact) mass is 505 g/mol. The Labute approximate surface area is 205 Å². The zero-order chi connectivity index (χ0) is 24.0. The largest absolute Gasteiger partial charge is 0.366 e. The molecule has 2 amide bonds. The van der Waals surface area contributed by atoms with E-state index in [9.17, 15) is 18.8 Å². The number of hydrogen-bond donors (Lipinski definition) is 1. The topological polar surface area (TPSA) is 103 Å². The number of likely N-dealkylation sites (tertiary alicyclic amines) is 1. The molecular weight excluding hydrogens is 481 g/mol. The van der Waals surface area contributed by atoms with Crippen molar-refractivity contribution in [2.75, 3.05) is 13.2 Å². The molecule has 2 aromatic rings. The van der Waals surface area contributed by atoms with E-state index in [0.717, 1.165) is 49.6 Å². The molecule has 34 heavy (non-hydrogen) atoms. The molecule has 4 atom stereocenters. The fourth-order valence-corrected chi connectivity index (χ4v) is 6.98. The molecule has 0 radical (unpaired) electrons. The van der Waals surface area contributed by atoms with Crippen LogP contribution in [0.3, 0.4) is 0 Å². The number of pyridine rings is 1. The second-order valence-electron chi connectivity index (χ2n) is 9.22. The molecule has 2 aromatic heterocycles. The predicted molar refractivity (Wildman–Crippen MR) is 125 cm³/mol. The van der Waals surface area contributed by atoms with Gasteiger partial charge in [-0.2, -0.15) is 0 Å². The molecule has 1 aliphatic carbocycles. The molecular formula is C24H25ClFN3O4S. The maximum Gasteiger partial charge on any atom is 0.259 e. The van der Waals surface area contributed by atoms with Gasteiger partial charge in [-0.3, -0.25) is 19.4 Å². The van der Waals surface area contributed by atoms with E-state index in [-0.39, 0.29) is 35.6 Å². The minimum Gasteiger partial charge on any atom is -0.366 e. The number of hydrogen-bond acceptors (Lipinski definition) is 6. The van der Waals surface area contributed by atoms with E-state index >= 15 is 0 Å². The van der Waals surface area contributed by atoms with Crippen molar-refractivity contribution in [3.05, 3.63) is 40.8 Å². The van der Waals surface area contributed by atoms with Crippen molar-refractivity contribution in [2.24, 2.45) is 11.7 Å². The third-order valence-electron chi connectivity index (χ3n) is 7.10. The van der Waals surface area contributed by atoms with Gasteiger partial charge in [-0.15, -0.1) is 22.9 Å². The summed E-state index contributed by atoms with van der Waals surface area (Å²) in [6.07, 6.45) is 6.82. The molecule has 2 N–H and O–H groups in total. The summed E-state index contributed by atoms with van der Waals surface area (Å²) >= 11 is 7.58. The third-order valence-corrected chi connectivity index (χ3v) is 8.70. The first kappa shape index (κ1) is 23.4. The lowest BCUT2D eigenvalue weighted by atomic mass is 9.75. The number of carbonyl (C=O) groups excluding carboxylic acids is 3. The molecule has 4 heterocycles. The first-order valence-corrected chi connectivity index (χ1v) is 12.7. The van der Waals surface area contributed by atoms with E-state index < -0.39 is 35.2 Å². The maximum atomic E-state index is 14.1. The lowest BCUT2D eigenvalue weighted by Gasteiger charge is -2.34. The number of primary amides is 1. The number of ketones is 1. The van der Waals surface area contributed by atoms with Crippen LogP contribution in [0.1, 0.15) is 53.3 Å². The fourth-order valence-electron chi connectivity index (χ4n) is 5.58. The van der Waals surface area contributed by atoms with Crippen LogP contribution in [-0.4, -0.2) is 58.2 Å². The van der Waals surface area contributed by atoms with Crippen LogP contribution >= 0.6 is 22.9 Å². The highest BCUT2D eigenvalue weighted by Gasteiger charge is 2.53. The molecule has 3 aliphatic rings. The number of Topliss-reactive ketones (excluding diaryl/α,β-unsaturated/α-hetero) is 1. The van der Waals surface area contributed by atoms with Gasteiger partial charge >= 0.3 is 0 Å². The van der Waals surface area contributed by atoms with Crippen LogP contribution in [0.2, 0.25) is 0 Å². The van der Waals surface area contributed by atoms with Gasteiger partial charge in [-0.1, -0.05) is 19.3 Å². The van der Waals surface area contributed by atoms with Gasteiger partial charge in [0.1, 0.15) is 24.6 Å². The molecule has 2 aliphatic heterocycles. The van der Waals surface area contributed by atoms with Crippen LogP contribution in [0.5, 0.6) is 0 Å². The molecule has 3 fully saturated rings. The normalized spacial score (nSPS) is 26.0. The number of nitrogens with two attached hydrogens (primary N) is 1. The van der Waals surface area contributed by atoms with E-state index in [1.54, 1.807) is 11.0 Å². The zero-order valence-electron chi connectivity index (χ0n) is 18.4. The standard InChI is InChI=1S/C24H25ClFN3O4S/c25-16-10-29(20-17(30)11-33-21(16)20)24(32)19(12-4-2-1-3-5-12)15-7-18(34-22(15)23(27)31)13-6-14(26)9-28-8-13/h6-9,12,16,19-21H,1-5,10-11H2,(H2,27,31)/t16-,19-,20+,21+/m0/s1. The van der Waals surface area contributed by atoms with Gasteiger partial charge in [0.2, 0.25) is 5.91 Å². The van der Waals surface area contributed by atoms with Gasteiger partial charge in [0.25, 0.3) is 5.91 Å². The van der Waals surface area contributed by atoms with Crippen molar-refractivity contribution in [3.8, 4) is 10.4 Å². The van der Waals surface area contributed by atoms with E-state index in [2.05, 4.69) is 4.98 Å². The van der Waals surface area contributed by atoms with Crippen LogP contribution in [0.4, 0.5) is 4.39 Å². The summed E-state index contributed by atoms with van der Waals surface area (Å²) in [5.74, 6) is -2.17. The average Bonchev–Trinajstić information content (AvgIpc) is 3.51.